The normalized spacial score (nSPS) is 12.7. The Labute approximate surface area is 134 Å². The van der Waals surface area contributed by atoms with Crippen LogP contribution in [0.3, 0.4) is 0 Å². The van der Waals surface area contributed by atoms with Crippen LogP contribution in [-0.2, 0) is 17.5 Å². The van der Waals surface area contributed by atoms with Crippen LogP contribution in [0.15, 0.2) is 30.5 Å². The number of aromatic carboxylic acids is 1. The van der Waals surface area contributed by atoms with Gasteiger partial charge < -0.3 is 10.4 Å². The van der Waals surface area contributed by atoms with Gasteiger partial charge >= 0.3 is 12.1 Å². The summed E-state index contributed by atoms with van der Waals surface area (Å²) in [6.07, 6.45) is -3.38. The summed E-state index contributed by atoms with van der Waals surface area (Å²) in [7, 11) is 0. The number of alkyl halides is 3. The zero-order valence-corrected chi connectivity index (χ0v) is 12.4. The van der Waals surface area contributed by atoms with Gasteiger partial charge in [-0.3, -0.25) is 4.79 Å². The molecule has 1 unspecified atom stereocenters. The van der Waals surface area contributed by atoms with E-state index in [0.29, 0.717) is 5.56 Å². The van der Waals surface area contributed by atoms with E-state index in [1.807, 2.05) is 0 Å². The van der Waals surface area contributed by atoms with Crippen LogP contribution in [-0.4, -0.2) is 32.0 Å². The minimum absolute atomic E-state index is 0.294. The highest BCUT2D eigenvalue weighted by molar-refractivity contribution is 5.84. The highest BCUT2D eigenvalue weighted by atomic mass is 19.4. The molecule has 0 fully saturated rings. The molecule has 0 radical (unpaired) electrons. The molecule has 1 aromatic heterocycles. The Kier molecular flexibility index (Phi) is 4.86. The summed E-state index contributed by atoms with van der Waals surface area (Å²) in [5.41, 5.74) is -0.819. The lowest BCUT2D eigenvalue weighted by Gasteiger charge is -2.16. The molecule has 7 nitrogen and oxygen atoms in total. The lowest BCUT2D eigenvalue weighted by atomic mass is 10.0. The van der Waals surface area contributed by atoms with Crippen LogP contribution >= 0.6 is 0 Å². The Morgan fingerprint density at radius 2 is 2.08 bits per heavy atom. The van der Waals surface area contributed by atoms with Crippen molar-refractivity contribution in [3.05, 3.63) is 47.3 Å². The second kappa shape index (κ2) is 6.69. The molecule has 2 N–H and O–H groups in total. The van der Waals surface area contributed by atoms with E-state index in [1.165, 1.54) is 19.1 Å². The molecular weight excluding hydrogens is 329 g/mol. The van der Waals surface area contributed by atoms with Crippen molar-refractivity contribution < 1.29 is 27.9 Å². The van der Waals surface area contributed by atoms with Crippen LogP contribution in [0, 0.1) is 0 Å². The van der Waals surface area contributed by atoms with Gasteiger partial charge in [0.2, 0.25) is 5.91 Å². The Morgan fingerprint density at radius 3 is 2.67 bits per heavy atom. The predicted molar refractivity (Wildman–Crippen MR) is 75.0 cm³/mol. The summed E-state index contributed by atoms with van der Waals surface area (Å²) in [5, 5.41) is 18.1. The number of carbonyl (C=O) groups excluding carboxylic acids is 1. The van der Waals surface area contributed by atoms with Gasteiger partial charge in [0.15, 0.2) is 5.69 Å². The van der Waals surface area contributed by atoms with Gasteiger partial charge in [0.1, 0.15) is 6.54 Å². The van der Waals surface area contributed by atoms with Crippen molar-refractivity contribution in [1.29, 1.82) is 0 Å². The highest BCUT2D eigenvalue weighted by Gasteiger charge is 2.30. The molecule has 1 atom stereocenters. The molecule has 1 aromatic carbocycles. The monoisotopic (exact) mass is 342 g/mol. The third kappa shape index (κ3) is 4.31. The fraction of sp³-hybridized carbons (Fsp3) is 0.286. The van der Waals surface area contributed by atoms with Gasteiger partial charge in [-0.05, 0) is 24.6 Å². The number of hydrogen-bond donors (Lipinski definition) is 2. The van der Waals surface area contributed by atoms with Crippen molar-refractivity contribution in [3.8, 4) is 0 Å². The van der Waals surface area contributed by atoms with E-state index < -0.39 is 29.7 Å². The minimum Gasteiger partial charge on any atom is -0.476 e. The largest absolute Gasteiger partial charge is 0.476 e. The van der Waals surface area contributed by atoms with Gasteiger partial charge in [0.05, 0.1) is 17.8 Å². The summed E-state index contributed by atoms with van der Waals surface area (Å²) in [6, 6.07) is 3.97. The number of carboxylic acids is 1. The molecule has 1 amide bonds. The molecule has 2 rings (SSSR count). The third-order valence-electron chi connectivity index (χ3n) is 3.15. The quantitative estimate of drug-likeness (QED) is 0.865. The van der Waals surface area contributed by atoms with Crippen LogP contribution in [0.1, 0.15) is 34.6 Å². The molecule has 24 heavy (non-hydrogen) atoms. The average Bonchev–Trinajstić information content (AvgIpc) is 2.95. The molecule has 0 saturated carbocycles. The summed E-state index contributed by atoms with van der Waals surface area (Å²) in [6.45, 7) is 1.24. The third-order valence-corrected chi connectivity index (χ3v) is 3.15. The van der Waals surface area contributed by atoms with Crippen LogP contribution in [0.4, 0.5) is 13.2 Å². The maximum atomic E-state index is 12.7. The number of aromatic nitrogens is 3. The first-order chi connectivity index (χ1) is 11.2. The molecule has 2 aromatic rings. The lowest BCUT2D eigenvalue weighted by Crippen LogP contribution is -2.30. The summed E-state index contributed by atoms with van der Waals surface area (Å²) in [5.74, 6) is -1.82. The fourth-order valence-corrected chi connectivity index (χ4v) is 1.98. The number of nitrogens with zero attached hydrogens (tertiary/aromatic N) is 3. The van der Waals surface area contributed by atoms with E-state index in [1.54, 1.807) is 0 Å². The number of halogens is 3. The van der Waals surface area contributed by atoms with E-state index in [2.05, 4.69) is 15.6 Å². The highest BCUT2D eigenvalue weighted by Crippen LogP contribution is 2.30. The molecule has 0 aliphatic heterocycles. The second-order valence-corrected chi connectivity index (χ2v) is 5.02. The van der Waals surface area contributed by atoms with E-state index in [0.717, 1.165) is 23.0 Å². The predicted octanol–water partition coefficient (Wildman–Crippen LogP) is 1.87. The number of amides is 1. The zero-order chi connectivity index (χ0) is 17.9. The Hall–Kier alpha value is -2.91. The van der Waals surface area contributed by atoms with Crippen molar-refractivity contribution >= 4 is 11.9 Å². The first-order valence-corrected chi connectivity index (χ1v) is 6.77. The van der Waals surface area contributed by atoms with Gasteiger partial charge in [-0.25, -0.2) is 9.48 Å². The molecule has 128 valence electrons. The average molecular weight is 342 g/mol. The van der Waals surface area contributed by atoms with Crippen molar-refractivity contribution in [2.45, 2.75) is 25.7 Å². The van der Waals surface area contributed by atoms with Crippen LogP contribution < -0.4 is 5.32 Å². The number of rotatable bonds is 5. The number of carbonyl (C=O) groups is 2. The van der Waals surface area contributed by atoms with Gasteiger partial charge in [-0.2, -0.15) is 13.2 Å². The fourth-order valence-electron chi connectivity index (χ4n) is 1.98. The smallest absolute Gasteiger partial charge is 0.416 e. The SMILES string of the molecule is CC(NC(=O)Cn1cc(C(=O)O)nn1)c1cccc(C(F)(F)F)c1. The molecule has 0 bridgehead atoms. The number of hydrogen-bond acceptors (Lipinski definition) is 4. The van der Waals surface area contributed by atoms with Gasteiger partial charge in [0.25, 0.3) is 0 Å². The molecule has 0 saturated heterocycles. The molecule has 0 spiro atoms. The van der Waals surface area contributed by atoms with E-state index in [4.69, 9.17) is 5.11 Å². The summed E-state index contributed by atoms with van der Waals surface area (Å²) < 4.78 is 39.1. The molecule has 0 aliphatic carbocycles. The van der Waals surface area contributed by atoms with Gasteiger partial charge in [0, 0.05) is 0 Å². The number of nitrogens with one attached hydrogen (secondary N) is 1. The van der Waals surface area contributed by atoms with Crippen molar-refractivity contribution in [1.82, 2.24) is 20.3 Å². The van der Waals surface area contributed by atoms with Crippen molar-refractivity contribution in [2.75, 3.05) is 0 Å². The maximum absolute atomic E-state index is 12.7. The molecule has 10 heteroatoms. The zero-order valence-electron chi connectivity index (χ0n) is 12.4. The van der Waals surface area contributed by atoms with E-state index in [9.17, 15) is 22.8 Å². The Balaban J connectivity index is 2.02. The van der Waals surface area contributed by atoms with E-state index >= 15 is 0 Å². The maximum Gasteiger partial charge on any atom is 0.416 e. The first kappa shape index (κ1) is 17.4. The Bertz CT molecular complexity index is 758. The first-order valence-electron chi connectivity index (χ1n) is 6.77. The molecule has 0 aliphatic rings. The molecular formula is C14H13F3N4O3. The lowest BCUT2D eigenvalue weighted by molar-refractivity contribution is -0.137. The van der Waals surface area contributed by atoms with Crippen LogP contribution in [0.2, 0.25) is 0 Å². The van der Waals surface area contributed by atoms with Crippen LogP contribution in [0.25, 0.3) is 0 Å². The second-order valence-electron chi connectivity index (χ2n) is 5.02. The van der Waals surface area contributed by atoms with Crippen molar-refractivity contribution in [3.63, 3.8) is 0 Å². The summed E-state index contributed by atoms with van der Waals surface area (Å²) in [4.78, 5) is 22.6. The standard InChI is InChI=1S/C14H13F3N4O3/c1-8(9-3-2-4-10(5-9)14(15,16)17)18-12(22)7-21-6-11(13(23)24)19-20-21/h2-6,8H,7H2,1H3,(H,18,22)(H,23,24). The number of carboxylic acid groups (broad SMARTS) is 1. The minimum atomic E-state index is -4.46. The molecule has 1 heterocycles. The van der Waals surface area contributed by atoms with Gasteiger partial charge in [-0.15, -0.1) is 5.10 Å². The Morgan fingerprint density at radius 1 is 1.38 bits per heavy atom. The number of benzene rings is 1. The van der Waals surface area contributed by atoms with Crippen LogP contribution in [0.5, 0.6) is 0 Å². The van der Waals surface area contributed by atoms with Crippen molar-refractivity contribution in [2.24, 2.45) is 0 Å². The summed E-state index contributed by atoms with van der Waals surface area (Å²) >= 11 is 0. The topological polar surface area (TPSA) is 97.1 Å². The van der Waals surface area contributed by atoms with Gasteiger partial charge in [-0.1, -0.05) is 17.3 Å². The van der Waals surface area contributed by atoms with E-state index in [-0.39, 0.29) is 12.2 Å².